The zero-order valence-corrected chi connectivity index (χ0v) is 39.9. The van der Waals surface area contributed by atoms with Crippen molar-refractivity contribution in [2.45, 2.75) is 0 Å². The first kappa shape index (κ1) is 41.7. The number of benzene rings is 11. The van der Waals surface area contributed by atoms with Crippen molar-refractivity contribution >= 4 is 75.9 Å². The zero-order valence-electron chi connectivity index (χ0n) is 39.9. The minimum absolute atomic E-state index is 0.635. The Morgan fingerprint density at radius 3 is 0.986 bits per heavy atom. The summed E-state index contributed by atoms with van der Waals surface area (Å²) in [4.78, 5) is 21.2. The van der Waals surface area contributed by atoms with Gasteiger partial charge in [0.2, 0.25) is 11.9 Å². The third-order valence-corrected chi connectivity index (χ3v) is 14.7. The first-order valence-corrected chi connectivity index (χ1v) is 25.0. The van der Waals surface area contributed by atoms with Crippen molar-refractivity contribution in [1.82, 2.24) is 29.1 Å². The highest BCUT2D eigenvalue weighted by Crippen LogP contribution is 2.43. The summed E-state index contributed by atoms with van der Waals surface area (Å²) in [5.74, 6) is 1.27. The van der Waals surface area contributed by atoms with E-state index in [9.17, 15) is 0 Å². The summed E-state index contributed by atoms with van der Waals surface area (Å²) in [6, 6.07) is 90.4. The second-order valence-electron chi connectivity index (χ2n) is 19.0. The third kappa shape index (κ3) is 6.73. The fourth-order valence-corrected chi connectivity index (χ4v) is 11.3. The van der Waals surface area contributed by atoms with E-state index in [1.807, 2.05) is 24.3 Å². The van der Waals surface area contributed by atoms with Crippen molar-refractivity contribution < 1.29 is 0 Å². The van der Waals surface area contributed by atoms with Crippen LogP contribution in [0.1, 0.15) is 0 Å². The maximum atomic E-state index is 5.33. The van der Waals surface area contributed by atoms with Gasteiger partial charge in [-0.05, 0) is 98.0 Å². The molecule has 0 aliphatic rings. The van der Waals surface area contributed by atoms with Crippen LogP contribution in [0.5, 0.6) is 0 Å². The molecular weight excluding hydrogens is 901 g/mol. The summed E-state index contributed by atoms with van der Waals surface area (Å²) in [6.45, 7) is 0. The molecule has 15 aromatic rings. The van der Waals surface area contributed by atoms with E-state index in [2.05, 4.69) is 240 Å². The number of nitrogens with zero attached hydrogens (tertiary/aromatic N) is 6. The first-order chi connectivity index (χ1) is 36.7. The van der Waals surface area contributed by atoms with Crippen molar-refractivity contribution in [3.8, 4) is 68.1 Å². The van der Waals surface area contributed by atoms with Crippen LogP contribution in [-0.2, 0) is 0 Å². The number of hydrogen-bond donors (Lipinski definition) is 0. The number of aromatic nitrogens is 6. The second-order valence-corrected chi connectivity index (χ2v) is 19.0. The van der Waals surface area contributed by atoms with Gasteiger partial charge in [0.25, 0.3) is 0 Å². The molecule has 0 bridgehead atoms. The molecule has 74 heavy (non-hydrogen) atoms. The molecule has 0 saturated carbocycles. The molecule has 11 aromatic carbocycles. The largest absolute Gasteiger partial charge is 0.278 e. The number of rotatable bonds is 7. The normalized spacial score (nSPS) is 11.8. The lowest BCUT2D eigenvalue weighted by Gasteiger charge is -2.14. The van der Waals surface area contributed by atoms with Crippen molar-refractivity contribution in [2.24, 2.45) is 0 Å². The molecule has 0 unspecified atom stereocenters. The monoisotopic (exact) mass is 942 g/mol. The smallest absolute Gasteiger partial charge is 0.235 e. The highest BCUT2D eigenvalue weighted by Gasteiger charge is 2.21. The lowest BCUT2D eigenvalue weighted by atomic mass is 9.91. The average molecular weight is 943 g/mol. The van der Waals surface area contributed by atoms with Gasteiger partial charge in [0, 0.05) is 43.8 Å². The van der Waals surface area contributed by atoms with Gasteiger partial charge in [0.05, 0.1) is 44.8 Å². The number of hydrogen-bond acceptors (Lipinski definition) is 4. The van der Waals surface area contributed by atoms with Gasteiger partial charge in [0.15, 0.2) is 0 Å². The van der Waals surface area contributed by atoms with Crippen LogP contribution in [0.2, 0.25) is 0 Å². The standard InChI is InChI=1S/C68H42N6/c1-5-19-43(20-6-1)59-41-60(44-21-7-2-8-22-44)70-67(69-59)73-63-31-17-15-29-52(63)57-38-48(34-36-65(57)73)47-33-35-51-54(37-47)49-27-13-14-28-50(49)56-40-66-58(39-55(51)56)53-30-16-18-32-64(53)74(66)68-71-61(45-23-9-3-10-24-45)42-62(72-68)46-25-11-4-12-26-46/h1-42H. The Hall–Kier alpha value is -10.0. The fourth-order valence-electron chi connectivity index (χ4n) is 11.3. The number of fused-ring (bicyclic) bond motifs is 12. The van der Waals surface area contributed by atoms with Crippen LogP contribution in [0.25, 0.3) is 144 Å². The Balaban J connectivity index is 0.911. The van der Waals surface area contributed by atoms with Crippen molar-refractivity contribution in [1.29, 1.82) is 0 Å². The molecule has 0 aliphatic carbocycles. The van der Waals surface area contributed by atoms with Crippen LogP contribution in [-0.4, -0.2) is 29.1 Å². The molecule has 4 heterocycles. The Bertz CT molecular complexity index is 4580. The minimum atomic E-state index is 0.635. The molecule has 0 amide bonds. The first-order valence-electron chi connectivity index (χ1n) is 25.0. The lowest BCUT2D eigenvalue weighted by molar-refractivity contribution is 0.995. The van der Waals surface area contributed by atoms with Gasteiger partial charge in [-0.3, -0.25) is 9.13 Å². The van der Waals surface area contributed by atoms with Gasteiger partial charge in [-0.25, -0.2) is 19.9 Å². The zero-order chi connectivity index (χ0) is 48.7. The Kier molecular flexibility index (Phi) is 9.47. The maximum Gasteiger partial charge on any atom is 0.235 e. The van der Waals surface area contributed by atoms with Crippen LogP contribution in [0, 0.1) is 0 Å². The summed E-state index contributed by atoms with van der Waals surface area (Å²) in [5.41, 5.74) is 14.2. The molecular formula is C68H42N6. The molecule has 0 spiro atoms. The van der Waals surface area contributed by atoms with E-state index < -0.39 is 0 Å². The summed E-state index contributed by atoms with van der Waals surface area (Å²) in [5, 5.41) is 11.8. The molecule has 15 rings (SSSR count). The molecule has 0 atom stereocenters. The van der Waals surface area contributed by atoms with Gasteiger partial charge in [-0.1, -0.05) is 200 Å². The second kappa shape index (κ2) is 16.8. The molecule has 6 heteroatoms. The van der Waals surface area contributed by atoms with Crippen LogP contribution in [0.4, 0.5) is 0 Å². The summed E-state index contributed by atoms with van der Waals surface area (Å²) in [6.07, 6.45) is 0. The van der Waals surface area contributed by atoms with E-state index >= 15 is 0 Å². The summed E-state index contributed by atoms with van der Waals surface area (Å²) >= 11 is 0. The van der Waals surface area contributed by atoms with Crippen LogP contribution in [0.3, 0.4) is 0 Å². The quantitative estimate of drug-likeness (QED) is 0.149. The van der Waals surface area contributed by atoms with Gasteiger partial charge >= 0.3 is 0 Å². The summed E-state index contributed by atoms with van der Waals surface area (Å²) in [7, 11) is 0. The molecule has 0 saturated heterocycles. The van der Waals surface area contributed by atoms with Gasteiger partial charge < -0.3 is 0 Å². The van der Waals surface area contributed by atoms with Crippen molar-refractivity contribution in [2.75, 3.05) is 0 Å². The topological polar surface area (TPSA) is 61.4 Å². The van der Waals surface area contributed by atoms with Crippen LogP contribution in [0.15, 0.2) is 255 Å². The fraction of sp³-hybridized carbons (Fsp3) is 0. The molecule has 6 nitrogen and oxygen atoms in total. The Labute approximate surface area is 425 Å². The number of para-hydroxylation sites is 2. The highest BCUT2D eigenvalue weighted by atomic mass is 15.2. The summed E-state index contributed by atoms with van der Waals surface area (Å²) < 4.78 is 4.48. The van der Waals surface area contributed by atoms with Gasteiger partial charge in [-0.2, -0.15) is 0 Å². The highest BCUT2D eigenvalue weighted by molar-refractivity contribution is 6.29. The predicted octanol–water partition coefficient (Wildman–Crippen LogP) is 17.3. The predicted molar refractivity (Wildman–Crippen MR) is 306 cm³/mol. The Morgan fingerprint density at radius 1 is 0.189 bits per heavy atom. The van der Waals surface area contributed by atoms with Crippen LogP contribution < -0.4 is 0 Å². The van der Waals surface area contributed by atoms with E-state index in [-0.39, 0.29) is 0 Å². The van der Waals surface area contributed by atoms with E-state index in [1.165, 1.54) is 32.3 Å². The van der Waals surface area contributed by atoms with Gasteiger partial charge in [-0.15, -0.1) is 0 Å². The molecule has 4 aromatic heterocycles. The average Bonchev–Trinajstić information content (AvgIpc) is 3.99. The molecule has 0 fully saturated rings. The SMILES string of the molecule is c1ccc(-c2cc(-c3ccccc3)nc(-n3c4ccccc4c4cc(-c5ccc6c(c5)c5ccccc5c5cc7c(cc65)c5ccccc5n7-c5nc(-c6ccccc6)cc(-c6ccccc6)n5)ccc43)n2)cc1. The molecule has 0 N–H and O–H groups in total. The molecule has 0 radical (unpaired) electrons. The van der Waals surface area contributed by atoms with E-state index in [1.54, 1.807) is 0 Å². The lowest BCUT2D eigenvalue weighted by Crippen LogP contribution is -2.04. The van der Waals surface area contributed by atoms with E-state index in [0.717, 1.165) is 99.8 Å². The van der Waals surface area contributed by atoms with Crippen molar-refractivity contribution in [3.05, 3.63) is 255 Å². The molecule has 0 aliphatic heterocycles. The van der Waals surface area contributed by atoms with Crippen molar-refractivity contribution in [3.63, 3.8) is 0 Å². The Morgan fingerprint density at radius 2 is 0.514 bits per heavy atom. The minimum Gasteiger partial charge on any atom is -0.278 e. The van der Waals surface area contributed by atoms with Gasteiger partial charge in [0.1, 0.15) is 0 Å². The van der Waals surface area contributed by atoms with E-state index in [0.29, 0.717) is 11.9 Å². The van der Waals surface area contributed by atoms with Crippen LogP contribution >= 0.6 is 0 Å². The molecule has 344 valence electrons. The third-order valence-electron chi connectivity index (χ3n) is 14.7. The maximum absolute atomic E-state index is 5.33. The van der Waals surface area contributed by atoms with E-state index in [4.69, 9.17) is 19.9 Å².